The van der Waals surface area contributed by atoms with E-state index in [1.54, 1.807) is 6.07 Å². The zero-order chi connectivity index (χ0) is 13.8. The number of nitrogens with zero attached hydrogens (tertiary/aromatic N) is 2. The van der Waals surface area contributed by atoms with Crippen molar-refractivity contribution in [1.29, 1.82) is 5.26 Å². The molecular weight excluding hydrogens is 253 g/mol. The average Bonchev–Trinajstić information content (AvgIpc) is 2.87. The minimum absolute atomic E-state index is 0.0752. The Balaban J connectivity index is 2.06. The fourth-order valence-corrected chi connectivity index (χ4v) is 1.41. The number of hydrogen-bond donors (Lipinski definition) is 2. The van der Waals surface area contributed by atoms with Crippen LogP contribution in [0.5, 0.6) is 0 Å². The van der Waals surface area contributed by atoms with Crippen LogP contribution in [0.25, 0.3) is 0 Å². The number of halogens is 1. The minimum Gasteiger partial charge on any atom is -0.476 e. The summed E-state index contributed by atoms with van der Waals surface area (Å²) in [5.74, 6) is -1.45. The van der Waals surface area contributed by atoms with Gasteiger partial charge in [0.15, 0.2) is 11.5 Å². The second-order valence-electron chi connectivity index (χ2n) is 3.64. The van der Waals surface area contributed by atoms with Crippen molar-refractivity contribution in [3.05, 3.63) is 47.1 Å². The Morgan fingerprint density at radius 3 is 2.95 bits per heavy atom. The smallest absolute Gasteiger partial charge is 0.358 e. The highest BCUT2D eigenvalue weighted by Gasteiger charge is 2.10. The molecule has 2 rings (SSSR count). The molecule has 0 fully saturated rings. The summed E-state index contributed by atoms with van der Waals surface area (Å²) < 4.78 is 17.9. The van der Waals surface area contributed by atoms with E-state index in [9.17, 15) is 9.18 Å². The van der Waals surface area contributed by atoms with E-state index in [2.05, 4.69) is 10.5 Å². The van der Waals surface area contributed by atoms with Gasteiger partial charge in [0.25, 0.3) is 0 Å². The van der Waals surface area contributed by atoms with E-state index in [0.29, 0.717) is 11.4 Å². The Labute approximate surface area is 107 Å². The van der Waals surface area contributed by atoms with Gasteiger partial charge in [-0.1, -0.05) is 5.16 Å². The van der Waals surface area contributed by atoms with Crippen molar-refractivity contribution in [2.45, 2.75) is 6.54 Å². The van der Waals surface area contributed by atoms with Gasteiger partial charge in [-0.3, -0.25) is 0 Å². The Bertz CT molecular complexity index is 660. The summed E-state index contributed by atoms with van der Waals surface area (Å²) >= 11 is 0. The quantitative estimate of drug-likeness (QED) is 0.873. The first-order valence-corrected chi connectivity index (χ1v) is 5.22. The highest BCUT2D eigenvalue weighted by atomic mass is 19.1. The number of benzene rings is 1. The Kier molecular flexibility index (Phi) is 3.43. The maximum atomic E-state index is 13.1. The first-order chi connectivity index (χ1) is 9.10. The summed E-state index contributed by atoms with van der Waals surface area (Å²) in [6.45, 7) is 0.177. The molecule has 19 heavy (non-hydrogen) atoms. The van der Waals surface area contributed by atoms with Gasteiger partial charge in [-0.25, -0.2) is 9.18 Å². The lowest BCUT2D eigenvalue weighted by Gasteiger charge is -2.04. The second kappa shape index (κ2) is 5.18. The number of aromatic nitrogens is 1. The largest absolute Gasteiger partial charge is 0.476 e. The molecule has 0 aliphatic rings. The van der Waals surface area contributed by atoms with Crippen LogP contribution in [0.2, 0.25) is 0 Å². The monoisotopic (exact) mass is 261 g/mol. The standard InChI is InChI=1S/C12H8FN3O3/c13-10-2-1-8(3-7(10)5-14)15-6-9-4-11(12(17)18)16-19-9/h1-4,15H,6H2,(H,17,18). The van der Waals surface area contributed by atoms with Crippen molar-refractivity contribution in [1.82, 2.24) is 5.16 Å². The molecule has 96 valence electrons. The van der Waals surface area contributed by atoms with Gasteiger partial charge < -0.3 is 14.9 Å². The summed E-state index contributed by atoms with van der Waals surface area (Å²) in [6, 6.07) is 6.99. The average molecular weight is 261 g/mol. The number of nitriles is 1. The molecule has 1 aromatic carbocycles. The zero-order valence-electron chi connectivity index (χ0n) is 9.55. The van der Waals surface area contributed by atoms with Gasteiger partial charge in [0.1, 0.15) is 11.9 Å². The van der Waals surface area contributed by atoms with Gasteiger partial charge in [0.05, 0.1) is 12.1 Å². The maximum absolute atomic E-state index is 13.1. The number of carbonyl (C=O) groups is 1. The van der Waals surface area contributed by atoms with Crippen molar-refractivity contribution in [2.24, 2.45) is 0 Å². The predicted octanol–water partition coefficient (Wildman–Crippen LogP) is 2.00. The van der Waals surface area contributed by atoms with Gasteiger partial charge in [0.2, 0.25) is 0 Å². The Morgan fingerprint density at radius 1 is 1.53 bits per heavy atom. The van der Waals surface area contributed by atoms with Crippen LogP contribution < -0.4 is 5.32 Å². The van der Waals surface area contributed by atoms with Crippen LogP contribution in [0, 0.1) is 17.1 Å². The molecule has 7 heteroatoms. The van der Waals surface area contributed by atoms with Crippen molar-refractivity contribution in [3.63, 3.8) is 0 Å². The van der Waals surface area contributed by atoms with E-state index >= 15 is 0 Å². The lowest BCUT2D eigenvalue weighted by atomic mass is 10.2. The molecule has 2 aromatic rings. The van der Waals surface area contributed by atoms with Crippen LogP contribution in [0.1, 0.15) is 21.8 Å². The summed E-state index contributed by atoms with van der Waals surface area (Å²) in [7, 11) is 0. The third-order valence-electron chi connectivity index (χ3n) is 2.33. The third kappa shape index (κ3) is 2.87. The van der Waals surface area contributed by atoms with Gasteiger partial charge in [-0.05, 0) is 18.2 Å². The fourth-order valence-electron chi connectivity index (χ4n) is 1.41. The molecule has 0 aliphatic carbocycles. The molecule has 0 unspecified atom stereocenters. The first-order valence-electron chi connectivity index (χ1n) is 5.22. The molecule has 0 saturated heterocycles. The van der Waals surface area contributed by atoms with E-state index in [4.69, 9.17) is 14.9 Å². The van der Waals surface area contributed by atoms with Gasteiger partial charge in [-0.2, -0.15) is 5.26 Å². The molecule has 0 amide bonds. The molecular formula is C12H8FN3O3. The summed E-state index contributed by atoms with van der Waals surface area (Å²) in [5, 5.41) is 23.6. The van der Waals surface area contributed by atoms with Crippen LogP contribution in [0.4, 0.5) is 10.1 Å². The number of nitrogens with one attached hydrogen (secondary N) is 1. The molecule has 2 N–H and O–H groups in total. The number of anilines is 1. The minimum atomic E-state index is -1.18. The number of carboxylic acid groups (broad SMARTS) is 1. The fraction of sp³-hybridized carbons (Fsp3) is 0.0833. The summed E-state index contributed by atoms with van der Waals surface area (Å²) in [6.07, 6.45) is 0. The normalized spacial score (nSPS) is 9.89. The molecule has 6 nitrogen and oxygen atoms in total. The molecule has 1 aromatic heterocycles. The molecule has 0 spiro atoms. The molecule has 0 aliphatic heterocycles. The second-order valence-corrected chi connectivity index (χ2v) is 3.64. The lowest BCUT2D eigenvalue weighted by molar-refractivity contribution is 0.0685. The van der Waals surface area contributed by atoms with E-state index in [1.165, 1.54) is 24.3 Å². The topological polar surface area (TPSA) is 99.2 Å². The predicted molar refractivity (Wildman–Crippen MR) is 61.9 cm³/mol. The molecule has 0 saturated carbocycles. The maximum Gasteiger partial charge on any atom is 0.358 e. The van der Waals surface area contributed by atoms with Crippen molar-refractivity contribution in [2.75, 3.05) is 5.32 Å². The van der Waals surface area contributed by atoms with Crippen LogP contribution in [0.15, 0.2) is 28.8 Å². The van der Waals surface area contributed by atoms with Crippen LogP contribution in [-0.4, -0.2) is 16.2 Å². The van der Waals surface area contributed by atoms with Crippen LogP contribution in [0.3, 0.4) is 0 Å². The summed E-state index contributed by atoms with van der Waals surface area (Å²) in [4.78, 5) is 10.6. The number of rotatable bonds is 4. The first kappa shape index (κ1) is 12.6. The molecule has 0 atom stereocenters. The molecule has 1 heterocycles. The summed E-state index contributed by atoms with van der Waals surface area (Å²) in [5.41, 5.74) is 0.258. The number of hydrogen-bond acceptors (Lipinski definition) is 5. The van der Waals surface area contributed by atoms with Gasteiger partial charge >= 0.3 is 5.97 Å². The van der Waals surface area contributed by atoms with Crippen LogP contribution in [-0.2, 0) is 6.54 Å². The number of carboxylic acids is 1. The molecule has 0 bridgehead atoms. The molecule has 0 radical (unpaired) electrons. The van der Waals surface area contributed by atoms with E-state index < -0.39 is 11.8 Å². The van der Waals surface area contributed by atoms with E-state index in [1.807, 2.05) is 0 Å². The van der Waals surface area contributed by atoms with Crippen molar-refractivity contribution < 1.29 is 18.8 Å². The van der Waals surface area contributed by atoms with Gasteiger partial charge in [0, 0.05) is 11.8 Å². The third-order valence-corrected chi connectivity index (χ3v) is 2.33. The van der Waals surface area contributed by atoms with Crippen molar-refractivity contribution >= 4 is 11.7 Å². The lowest BCUT2D eigenvalue weighted by Crippen LogP contribution is -1.99. The highest BCUT2D eigenvalue weighted by molar-refractivity contribution is 5.85. The van der Waals surface area contributed by atoms with Crippen molar-refractivity contribution in [3.8, 4) is 6.07 Å². The zero-order valence-corrected chi connectivity index (χ0v) is 9.55. The Hall–Kier alpha value is -2.88. The van der Waals surface area contributed by atoms with Crippen LogP contribution >= 0.6 is 0 Å². The highest BCUT2D eigenvalue weighted by Crippen LogP contribution is 2.15. The Morgan fingerprint density at radius 2 is 2.32 bits per heavy atom. The number of aromatic carboxylic acids is 1. The van der Waals surface area contributed by atoms with E-state index in [-0.39, 0.29) is 17.8 Å². The van der Waals surface area contributed by atoms with Gasteiger partial charge in [-0.15, -0.1) is 0 Å². The SMILES string of the molecule is N#Cc1cc(NCc2cc(C(=O)O)no2)ccc1F. The van der Waals surface area contributed by atoms with E-state index in [0.717, 1.165) is 0 Å².